The van der Waals surface area contributed by atoms with Crippen molar-refractivity contribution in [1.29, 1.82) is 0 Å². The molecule has 0 N–H and O–H groups in total. The smallest absolute Gasteiger partial charge is 0.319 e. The van der Waals surface area contributed by atoms with Gasteiger partial charge in [-0.2, -0.15) is 13.1 Å². The maximum atomic E-state index is 12.8. The van der Waals surface area contributed by atoms with Gasteiger partial charge < -0.3 is 9.47 Å². The van der Waals surface area contributed by atoms with Crippen LogP contribution in [0.4, 0.5) is 8.78 Å². The molecule has 10 heteroatoms. The van der Waals surface area contributed by atoms with Gasteiger partial charge in [0.15, 0.2) is 11.5 Å². The van der Waals surface area contributed by atoms with E-state index in [2.05, 4.69) is 4.98 Å². The van der Waals surface area contributed by atoms with Crippen molar-refractivity contribution in [3.63, 3.8) is 0 Å². The Morgan fingerprint density at radius 3 is 2.71 bits per heavy atom. The molecule has 3 rings (SSSR count). The Bertz CT molecular complexity index is 838. The fourth-order valence-corrected chi connectivity index (χ4v) is 3.43. The Kier molecular flexibility index (Phi) is 4.41. The van der Waals surface area contributed by atoms with Crippen LogP contribution in [0.15, 0.2) is 35.5 Å². The molecule has 0 atom stereocenters. The van der Waals surface area contributed by atoms with E-state index in [4.69, 9.17) is 9.47 Å². The molecule has 1 aliphatic rings. The number of nitrogens with zero attached hydrogens (tertiary/aromatic N) is 3. The van der Waals surface area contributed by atoms with Crippen LogP contribution in [-0.2, 0) is 16.6 Å². The first kappa shape index (κ1) is 16.7. The average Bonchev–Trinajstić information content (AvgIpc) is 3.02. The van der Waals surface area contributed by atoms with E-state index in [0.717, 1.165) is 10.5 Å². The van der Waals surface area contributed by atoms with Crippen LogP contribution in [0.2, 0.25) is 0 Å². The molecule has 0 saturated carbocycles. The Labute approximate surface area is 137 Å². The third kappa shape index (κ3) is 3.06. The molecule has 0 amide bonds. The van der Waals surface area contributed by atoms with Gasteiger partial charge in [-0.05, 0) is 12.1 Å². The Balaban J connectivity index is 1.85. The van der Waals surface area contributed by atoms with Crippen molar-refractivity contribution < 1.29 is 26.7 Å². The number of rotatable bonds is 5. The van der Waals surface area contributed by atoms with Gasteiger partial charge in [-0.3, -0.25) is 4.57 Å². The summed E-state index contributed by atoms with van der Waals surface area (Å²) < 4.78 is 63.2. The second-order valence-corrected chi connectivity index (χ2v) is 7.14. The maximum Gasteiger partial charge on any atom is 0.319 e. The van der Waals surface area contributed by atoms with Gasteiger partial charge >= 0.3 is 6.55 Å². The summed E-state index contributed by atoms with van der Waals surface area (Å²) in [7, 11) is -2.59. The van der Waals surface area contributed by atoms with Gasteiger partial charge in [-0.25, -0.2) is 13.4 Å². The highest BCUT2D eigenvalue weighted by Gasteiger charge is 2.25. The topological polar surface area (TPSA) is 73.7 Å². The third-order valence-electron chi connectivity index (χ3n) is 3.55. The van der Waals surface area contributed by atoms with Crippen LogP contribution in [0.3, 0.4) is 0 Å². The van der Waals surface area contributed by atoms with Crippen LogP contribution in [-0.4, -0.2) is 42.5 Å². The summed E-state index contributed by atoms with van der Waals surface area (Å²) in [6, 6.07) is 4.26. The molecule has 1 aliphatic heterocycles. The molecular weight excluding hydrogens is 344 g/mol. The minimum Gasteiger partial charge on any atom is -0.486 e. The van der Waals surface area contributed by atoms with E-state index in [1.54, 1.807) is 0 Å². The molecule has 130 valence electrons. The van der Waals surface area contributed by atoms with Crippen LogP contribution in [0.25, 0.3) is 0 Å². The van der Waals surface area contributed by atoms with Crippen molar-refractivity contribution in [1.82, 2.24) is 13.9 Å². The lowest BCUT2D eigenvalue weighted by molar-refractivity contribution is 0.0658. The van der Waals surface area contributed by atoms with E-state index in [0.29, 0.717) is 29.3 Å². The van der Waals surface area contributed by atoms with E-state index in [1.807, 2.05) is 0 Å². The lowest BCUT2D eigenvalue weighted by Crippen LogP contribution is -2.28. The lowest BCUT2D eigenvalue weighted by atomic mass is 10.3. The van der Waals surface area contributed by atoms with Gasteiger partial charge in [0.1, 0.15) is 19.0 Å². The molecule has 2 heterocycles. The zero-order valence-corrected chi connectivity index (χ0v) is 13.5. The van der Waals surface area contributed by atoms with Crippen LogP contribution < -0.4 is 9.47 Å². The van der Waals surface area contributed by atoms with Gasteiger partial charge in [-0.1, -0.05) is 0 Å². The zero-order chi connectivity index (χ0) is 17.3. The minimum absolute atomic E-state index is 0.00981. The number of aromatic nitrogens is 2. The van der Waals surface area contributed by atoms with Crippen molar-refractivity contribution in [2.45, 2.75) is 18.0 Å². The quantitative estimate of drug-likeness (QED) is 0.815. The highest BCUT2D eigenvalue weighted by Crippen LogP contribution is 2.33. The summed E-state index contributed by atoms with van der Waals surface area (Å²) in [5.41, 5.74) is 0. The molecule has 2 aromatic rings. The Hall–Kier alpha value is -2.20. The molecule has 0 unspecified atom stereocenters. The predicted molar refractivity (Wildman–Crippen MR) is 79.6 cm³/mol. The molecule has 1 aromatic heterocycles. The zero-order valence-electron chi connectivity index (χ0n) is 12.7. The van der Waals surface area contributed by atoms with E-state index >= 15 is 0 Å². The fraction of sp³-hybridized carbons (Fsp3) is 0.357. The van der Waals surface area contributed by atoms with Crippen molar-refractivity contribution >= 4 is 10.0 Å². The van der Waals surface area contributed by atoms with E-state index in [9.17, 15) is 17.2 Å². The first-order chi connectivity index (χ1) is 11.4. The summed E-state index contributed by atoms with van der Waals surface area (Å²) in [6.45, 7) is -2.34. The number of imidazole rings is 1. The van der Waals surface area contributed by atoms with Gasteiger partial charge in [0.25, 0.3) is 0 Å². The minimum atomic E-state index is -3.89. The number of benzene rings is 1. The summed E-state index contributed by atoms with van der Waals surface area (Å²) >= 11 is 0. The largest absolute Gasteiger partial charge is 0.486 e. The molecular formula is C14H15F2N3O4S. The molecule has 0 bridgehead atoms. The second kappa shape index (κ2) is 6.36. The summed E-state index contributed by atoms with van der Waals surface area (Å²) in [5, 5.41) is 0. The van der Waals surface area contributed by atoms with Crippen LogP contribution >= 0.6 is 0 Å². The van der Waals surface area contributed by atoms with Crippen molar-refractivity contribution in [2.75, 3.05) is 20.3 Å². The number of hydrogen-bond donors (Lipinski definition) is 0. The highest BCUT2D eigenvalue weighted by atomic mass is 32.2. The monoisotopic (exact) mass is 359 g/mol. The first-order valence-corrected chi connectivity index (χ1v) is 8.49. The average molecular weight is 359 g/mol. The lowest BCUT2D eigenvalue weighted by Gasteiger charge is -2.21. The predicted octanol–water partition coefficient (Wildman–Crippen LogP) is 1.87. The summed E-state index contributed by atoms with van der Waals surface area (Å²) in [4.78, 5) is 3.78. The SMILES string of the molecule is CN(Cc1nccn1C(F)F)S(=O)(=O)c1ccc2c(c1)OCCO2. The molecule has 0 radical (unpaired) electrons. The fourth-order valence-electron chi connectivity index (χ4n) is 2.29. The highest BCUT2D eigenvalue weighted by molar-refractivity contribution is 7.89. The number of alkyl halides is 2. The third-order valence-corrected chi connectivity index (χ3v) is 5.34. The molecule has 7 nitrogen and oxygen atoms in total. The summed E-state index contributed by atoms with van der Waals surface area (Å²) in [6.07, 6.45) is 2.30. The Morgan fingerprint density at radius 2 is 2.00 bits per heavy atom. The number of fused-ring (bicyclic) bond motifs is 1. The van der Waals surface area contributed by atoms with E-state index in [-0.39, 0.29) is 17.3 Å². The summed E-state index contributed by atoms with van der Waals surface area (Å²) in [5.74, 6) is 0.759. The van der Waals surface area contributed by atoms with Gasteiger partial charge in [0.05, 0.1) is 11.4 Å². The second-order valence-electron chi connectivity index (χ2n) is 5.09. The van der Waals surface area contributed by atoms with Gasteiger partial charge in [0.2, 0.25) is 10.0 Å². The van der Waals surface area contributed by atoms with Gasteiger partial charge in [0, 0.05) is 25.5 Å². The van der Waals surface area contributed by atoms with Gasteiger partial charge in [-0.15, -0.1) is 0 Å². The number of ether oxygens (including phenoxy) is 2. The molecule has 0 saturated heterocycles. The maximum absolute atomic E-state index is 12.8. The van der Waals surface area contributed by atoms with E-state index < -0.39 is 16.6 Å². The number of halogens is 2. The molecule has 0 spiro atoms. The van der Waals surface area contributed by atoms with Crippen molar-refractivity contribution in [2.24, 2.45) is 0 Å². The van der Waals surface area contributed by atoms with Crippen molar-refractivity contribution in [3.05, 3.63) is 36.4 Å². The van der Waals surface area contributed by atoms with Crippen LogP contribution in [0.1, 0.15) is 12.4 Å². The standard InChI is InChI=1S/C14H15F2N3O4S/c1-18(9-13-17-4-5-19(13)14(15)16)24(20,21)10-2-3-11-12(8-10)23-7-6-22-11/h2-5,8,14H,6-7,9H2,1H3. The molecule has 24 heavy (non-hydrogen) atoms. The van der Waals surface area contributed by atoms with E-state index in [1.165, 1.54) is 31.4 Å². The molecule has 0 fully saturated rings. The normalized spacial score (nSPS) is 14.4. The number of sulfonamides is 1. The number of hydrogen-bond acceptors (Lipinski definition) is 5. The van der Waals surface area contributed by atoms with Crippen LogP contribution in [0.5, 0.6) is 11.5 Å². The first-order valence-electron chi connectivity index (χ1n) is 7.05. The van der Waals surface area contributed by atoms with Crippen LogP contribution in [0, 0.1) is 0 Å². The Morgan fingerprint density at radius 1 is 1.29 bits per heavy atom. The van der Waals surface area contributed by atoms with Crippen molar-refractivity contribution in [3.8, 4) is 11.5 Å². The molecule has 1 aromatic carbocycles. The molecule has 0 aliphatic carbocycles.